The van der Waals surface area contributed by atoms with Crippen LogP contribution < -0.4 is 9.64 Å². The maximum atomic E-state index is 13.3. The van der Waals surface area contributed by atoms with E-state index in [9.17, 15) is 4.39 Å². The van der Waals surface area contributed by atoms with Crippen LogP contribution in [0.5, 0.6) is 5.75 Å². The summed E-state index contributed by atoms with van der Waals surface area (Å²) in [5.74, 6) is 1.64. The molecule has 1 fully saturated rings. The summed E-state index contributed by atoms with van der Waals surface area (Å²) in [5, 5.41) is 4.24. The van der Waals surface area contributed by atoms with Gasteiger partial charge in [-0.3, -0.25) is 4.99 Å². The zero-order valence-corrected chi connectivity index (χ0v) is 18.3. The van der Waals surface area contributed by atoms with Crippen molar-refractivity contribution in [2.75, 3.05) is 32.2 Å². The molecule has 32 heavy (non-hydrogen) atoms. The van der Waals surface area contributed by atoms with E-state index in [2.05, 4.69) is 16.9 Å². The number of nitrogens with zero attached hydrogens (tertiary/aromatic N) is 4. The molecule has 0 aliphatic carbocycles. The minimum absolute atomic E-state index is 0.287. The van der Waals surface area contributed by atoms with Gasteiger partial charge in [-0.05, 0) is 49.5 Å². The maximum absolute atomic E-state index is 13.3. The lowest BCUT2D eigenvalue weighted by molar-refractivity contribution is -0.00180. The second-order valence-electron chi connectivity index (χ2n) is 7.45. The number of benzene rings is 2. The highest BCUT2D eigenvalue weighted by Crippen LogP contribution is 2.34. The van der Waals surface area contributed by atoms with Crippen molar-refractivity contribution >= 4 is 24.3 Å². The molecular weight excluding hydrogens is 411 g/mol. The summed E-state index contributed by atoms with van der Waals surface area (Å²) in [4.78, 5) is 13.5. The lowest BCUT2D eigenvalue weighted by Crippen LogP contribution is -2.39. The maximum Gasteiger partial charge on any atom is 0.227 e. The third-order valence-electron chi connectivity index (χ3n) is 5.27. The van der Waals surface area contributed by atoms with Crippen LogP contribution in [0.2, 0.25) is 0 Å². The van der Waals surface area contributed by atoms with Gasteiger partial charge in [0.2, 0.25) is 12.1 Å². The van der Waals surface area contributed by atoms with Crippen molar-refractivity contribution < 1.29 is 18.7 Å². The van der Waals surface area contributed by atoms with Crippen molar-refractivity contribution in [1.29, 1.82) is 0 Å². The van der Waals surface area contributed by atoms with Gasteiger partial charge in [-0.2, -0.15) is 0 Å². The van der Waals surface area contributed by atoms with Gasteiger partial charge in [-0.25, -0.2) is 4.39 Å². The molecule has 0 radical (unpaired) electrons. The van der Waals surface area contributed by atoms with Crippen LogP contribution in [0.1, 0.15) is 24.3 Å². The summed E-state index contributed by atoms with van der Waals surface area (Å²) in [6.45, 7) is 6.53. The van der Waals surface area contributed by atoms with Crippen LogP contribution in [0.15, 0.2) is 70.3 Å². The van der Waals surface area contributed by atoms with E-state index in [4.69, 9.17) is 14.3 Å². The van der Waals surface area contributed by atoms with Crippen molar-refractivity contribution in [3.05, 3.63) is 77.1 Å². The van der Waals surface area contributed by atoms with Crippen LogP contribution in [0.3, 0.4) is 0 Å². The van der Waals surface area contributed by atoms with E-state index < -0.39 is 6.23 Å². The summed E-state index contributed by atoms with van der Waals surface area (Å²) in [7, 11) is 3.56. The fourth-order valence-corrected chi connectivity index (χ4v) is 3.64. The molecule has 0 N–H and O–H groups in total. The molecule has 0 aromatic heterocycles. The van der Waals surface area contributed by atoms with Crippen molar-refractivity contribution in [3.63, 3.8) is 0 Å². The highest BCUT2D eigenvalue weighted by atomic mass is 19.1. The molecule has 4 rings (SSSR count). The molecule has 2 aromatic rings. The lowest BCUT2D eigenvalue weighted by Gasteiger charge is -2.30. The Labute approximate surface area is 186 Å². The smallest absolute Gasteiger partial charge is 0.227 e. The molecule has 7 nitrogen and oxygen atoms in total. The second kappa shape index (κ2) is 9.13. The molecule has 8 heteroatoms. The fourth-order valence-electron chi connectivity index (χ4n) is 3.64. The number of rotatable bonds is 6. The molecule has 2 aromatic carbocycles. The first-order valence-corrected chi connectivity index (χ1v) is 10.2. The van der Waals surface area contributed by atoms with Crippen LogP contribution in [-0.2, 0) is 9.57 Å². The van der Waals surface area contributed by atoms with Crippen molar-refractivity contribution in [3.8, 4) is 5.75 Å². The molecule has 2 heterocycles. The first kappa shape index (κ1) is 21.4. The van der Waals surface area contributed by atoms with E-state index in [1.807, 2.05) is 54.2 Å². The number of halogens is 1. The fraction of sp³-hybridized carbons (Fsp3) is 0.250. The van der Waals surface area contributed by atoms with Gasteiger partial charge >= 0.3 is 0 Å². The molecule has 1 atom stereocenters. The number of methoxy groups -OCH3 is 1. The zero-order chi connectivity index (χ0) is 22.7. The summed E-state index contributed by atoms with van der Waals surface area (Å²) in [5.41, 5.74) is 3.41. The normalized spacial score (nSPS) is 19.1. The van der Waals surface area contributed by atoms with Crippen LogP contribution in [0, 0.1) is 5.82 Å². The van der Waals surface area contributed by atoms with Gasteiger partial charge in [-0.15, -0.1) is 0 Å². The SMILES string of the molecule is C=N/C(C)=C\N(C)c1ccc(/C=C2\OCCN3C2=NO[C@H]3c2ccc(F)cc2)cc1OC. The molecule has 1 saturated heterocycles. The van der Waals surface area contributed by atoms with Crippen LogP contribution in [0.4, 0.5) is 10.1 Å². The molecule has 0 unspecified atom stereocenters. The van der Waals surface area contributed by atoms with Gasteiger partial charge in [0.15, 0.2) is 5.76 Å². The Morgan fingerprint density at radius 1 is 1.31 bits per heavy atom. The Morgan fingerprint density at radius 2 is 2.09 bits per heavy atom. The van der Waals surface area contributed by atoms with Gasteiger partial charge < -0.3 is 24.1 Å². The number of hydrogen-bond acceptors (Lipinski definition) is 7. The van der Waals surface area contributed by atoms with E-state index >= 15 is 0 Å². The number of allylic oxidation sites excluding steroid dienone is 1. The number of morpholine rings is 1. The number of aliphatic imine (C=N–C) groups is 1. The molecule has 166 valence electrons. The molecule has 2 aliphatic heterocycles. The van der Waals surface area contributed by atoms with Crippen LogP contribution >= 0.6 is 0 Å². The highest BCUT2D eigenvalue weighted by molar-refractivity contribution is 6.01. The largest absolute Gasteiger partial charge is 0.495 e. The Kier molecular flexibility index (Phi) is 6.11. The average Bonchev–Trinajstić information content (AvgIpc) is 3.24. The van der Waals surface area contributed by atoms with Crippen molar-refractivity contribution in [2.45, 2.75) is 13.2 Å². The van der Waals surface area contributed by atoms with Gasteiger partial charge in [0.25, 0.3) is 0 Å². The van der Waals surface area contributed by atoms with E-state index in [1.165, 1.54) is 12.1 Å². The van der Waals surface area contributed by atoms with Crippen LogP contribution in [-0.4, -0.2) is 44.8 Å². The summed E-state index contributed by atoms with van der Waals surface area (Å²) in [6, 6.07) is 12.1. The molecule has 0 amide bonds. The second-order valence-corrected chi connectivity index (χ2v) is 7.45. The molecular formula is C24H25FN4O3. The number of ether oxygens (including phenoxy) is 2. The first-order valence-electron chi connectivity index (χ1n) is 10.2. The monoisotopic (exact) mass is 436 g/mol. The first-order chi connectivity index (χ1) is 15.5. The van der Waals surface area contributed by atoms with E-state index in [0.29, 0.717) is 30.5 Å². The minimum atomic E-state index is -0.406. The third kappa shape index (κ3) is 4.30. The molecule has 2 aliphatic rings. The Morgan fingerprint density at radius 3 is 2.81 bits per heavy atom. The number of oxime groups is 1. The predicted molar refractivity (Wildman–Crippen MR) is 123 cm³/mol. The third-order valence-corrected chi connectivity index (χ3v) is 5.27. The quantitative estimate of drug-likeness (QED) is 0.622. The molecule has 0 spiro atoms. The number of fused-ring (bicyclic) bond motifs is 1. The lowest BCUT2D eigenvalue weighted by atomic mass is 10.1. The summed E-state index contributed by atoms with van der Waals surface area (Å²) >= 11 is 0. The number of hydrogen-bond donors (Lipinski definition) is 0. The molecule has 0 saturated carbocycles. The van der Waals surface area contributed by atoms with Gasteiger partial charge in [0.1, 0.15) is 18.2 Å². The van der Waals surface area contributed by atoms with Crippen molar-refractivity contribution in [2.24, 2.45) is 10.1 Å². The van der Waals surface area contributed by atoms with Gasteiger partial charge in [0, 0.05) is 18.8 Å². The highest BCUT2D eigenvalue weighted by Gasteiger charge is 2.37. The standard InChI is InChI=1S/C24H25FN4O3/c1-16(26-2)15-28(3)20-10-5-17(13-21(20)30-4)14-22-23-27-32-24(29(23)11-12-31-22)18-6-8-19(25)9-7-18/h5-10,13-15,24H,2,11-12H2,1,3-4H3/b16-15-,22-14-/t24-/m0/s1. The topological polar surface area (TPSA) is 58.9 Å². The minimum Gasteiger partial charge on any atom is -0.495 e. The van der Waals surface area contributed by atoms with Crippen molar-refractivity contribution in [1.82, 2.24) is 4.90 Å². The van der Waals surface area contributed by atoms with E-state index in [1.54, 1.807) is 19.2 Å². The van der Waals surface area contributed by atoms with E-state index in [-0.39, 0.29) is 5.82 Å². The Bertz CT molecular complexity index is 1090. The Hall–Kier alpha value is -3.81. The predicted octanol–water partition coefficient (Wildman–Crippen LogP) is 4.55. The zero-order valence-electron chi connectivity index (χ0n) is 18.3. The number of anilines is 1. The summed E-state index contributed by atoms with van der Waals surface area (Å²) < 4.78 is 24.8. The number of amidine groups is 1. The van der Waals surface area contributed by atoms with Gasteiger partial charge in [-0.1, -0.05) is 23.4 Å². The Balaban J connectivity index is 1.58. The van der Waals surface area contributed by atoms with Crippen LogP contribution in [0.25, 0.3) is 6.08 Å². The summed E-state index contributed by atoms with van der Waals surface area (Å²) in [6.07, 6.45) is 3.38. The van der Waals surface area contributed by atoms with Gasteiger partial charge in [0.05, 0.1) is 25.0 Å². The van der Waals surface area contributed by atoms with E-state index in [0.717, 1.165) is 22.5 Å². The average molecular weight is 436 g/mol. The molecule has 0 bridgehead atoms.